The molecule has 0 unspecified atom stereocenters. The van der Waals surface area contributed by atoms with Gasteiger partial charge in [-0.15, -0.1) is 0 Å². The van der Waals surface area contributed by atoms with E-state index in [4.69, 9.17) is 16.3 Å². The Bertz CT molecular complexity index is 400. The number of aryl methyl sites for hydroxylation is 1. The van der Waals surface area contributed by atoms with Crippen molar-refractivity contribution in [3.8, 4) is 11.5 Å². The normalized spacial score (nSPS) is 11.6. The topological polar surface area (TPSA) is 49.7 Å². The zero-order valence-corrected chi connectivity index (χ0v) is 10.7. The van der Waals surface area contributed by atoms with Crippen LogP contribution in [-0.2, 0) is 5.41 Å². The molecular formula is C12H17ClO3. The van der Waals surface area contributed by atoms with Crippen LogP contribution in [0, 0.1) is 6.92 Å². The zero-order chi connectivity index (χ0) is 12.5. The molecule has 0 spiro atoms. The molecular weight excluding hydrogens is 228 g/mol. The van der Waals surface area contributed by atoms with Gasteiger partial charge >= 0.3 is 0 Å². The van der Waals surface area contributed by atoms with Crippen molar-refractivity contribution in [1.29, 1.82) is 0 Å². The Hall–Kier alpha value is -0.930. The number of aromatic hydroxyl groups is 1. The van der Waals surface area contributed by atoms with E-state index in [0.717, 1.165) is 11.1 Å². The molecule has 0 aromatic heterocycles. The summed E-state index contributed by atoms with van der Waals surface area (Å²) in [5.74, 6) is 0.270. The summed E-state index contributed by atoms with van der Waals surface area (Å²) in [6, 6.07) is 1.59. The molecule has 1 aromatic carbocycles. The average Bonchev–Trinajstić information content (AvgIpc) is 2.17. The summed E-state index contributed by atoms with van der Waals surface area (Å²) in [4.78, 5) is 0. The number of aliphatic hydroxyl groups is 1. The van der Waals surface area contributed by atoms with Crippen molar-refractivity contribution in [2.75, 3.05) is 13.7 Å². The molecule has 16 heavy (non-hydrogen) atoms. The molecule has 0 aliphatic carbocycles. The Morgan fingerprint density at radius 1 is 1.44 bits per heavy atom. The number of phenolic OH excluding ortho intramolecular Hbond substituents is 1. The van der Waals surface area contributed by atoms with Crippen LogP contribution in [0.15, 0.2) is 6.07 Å². The minimum Gasteiger partial charge on any atom is -0.504 e. The van der Waals surface area contributed by atoms with Crippen LogP contribution in [0.4, 0.5) is 0 Å². The van der Waals surface area contributed by atoms with Gasteiger partial charge in [0, 0.05) is 5.41 Å². The zero-order valence-electron chi connectivity index (χ0n) is 9.97. The number of aliphatic hydroxyl groups excluding tert-OH is 1. The summed E-state index contributed by atoms with van der Waals surface area (Å²) in [7, 11) is 1.45. The summed E-state index contributed by atoms with van der Waals surface area (Å²) in [5.41, 5.74) is 1.16. The highest BCUT2D eigenvalue weighted by atomic mass is 35.5. The monoisotopic (exact) mass is 244 g/mol. The Kier molecular flexibility index (Phi) is 3.71. The van der Waals surface area contributed by atoms with Crippen molar-refractivity contribution >= 4 is 11.6 Å². The van der Waals surface area contributed by atoms with Gasteiger partial charge in [-0.3, -0.25) is 0 Å². The molecule has 0 atom stereocenters. The molecule has 0 amide bonds. The van der Waals surface area contributed by atoms with E-state index in [1.807, 2.05) is 20.8 Å². The van der Waals surface area contributed by atoms with Gasteiger partial charge in [0.15, 0.2) is 11.5 Å². The minimum absolute atomic E-state index is 0.0162. The van der Waals surface area contributed by atoms with Crippen molar-refractivity contribution in [1.82, 2.24) is 0 Å². The lowest BCUT2D eigenvalue weighted by molar-refractivity contribution is 0.217. The molecule has 0 heterocycles. The summed E-state index contributed by atoms with van der Waals surface area (Å²) in [5, 5.41) is 19.4. The van der Waals surface area contributed by atoms with Gasteiger partial charge in [0.2, 0.25) is 0 Å². The quantitative estimate of drug-likeness (QED) is 0.860. The van der Waals surface area contributed by atoms with E-state index in [1.165, 1.54) is 7.11 Å². The van der Waals surface area contributed by atoms with Gasteiger partial charge in [-0.1, -0.05) is 25.4 Å². The van der Waals surface area contributed by atoms with Crippen molar-refractivity contribution in [3.63, 3.8) is 0 Å². The smallest absolute Gasteiger partial charge is 0.179 e. The lowest BCUT2D eigenvalue weighted by Crippen LogP contribution is -2.24. The average molecular weight is 245 g/mol. The first-order chi connectivity index (χ1) is 7.35. The fraction of sp³-hybridized carbons (Fsp3) is 0.500. The van der Waals surface area contributed by atoms with Gasteiger partial charge in [-0.2, -0.15) is 0 Å². The van der Waals surface area contributed by atoms with E-state index in [2.05, 4.69) is 0 Å². The van der Waals surface area contributed by atoms with Gasteiger partial charge in [0.05, 0.1) is 18.7 Å². The van der Waals surface area contributed by atoms with Crippen LogP contribution < -0.4 is 4.74 Å². The lowest BCUT2D eigenvalue weighted by Gasteiger charge is -2.27. The largest absolute Gasteiger partial charge is 0.504 e. The van der Waals surface area contributed by atoms with Crippen LogP contribution in [0.2, 0.25) is 5.02 Å². The maximum Gasteiger partial charge on any atom is 0.179 e. The highest BCUT2D eigenvalue weighted by molar-refractivity contribution is 6.33. The van der Waals surface area contributed by atoms with Crippen molar-refractivity contribution in [2.45, 2.75) is 26.2 Å². The number of methoxy groups -OCH3 is 1. The molecule has 3 nitrogen and oxygen atoms in total. The van der Waals surface area contributed by atoms with Gasteiger partial charge in [0.25, 0.3) is 0 Å². The number of benzene rings is 1. The molecule has 1 aromatic rings. The molecule has 0 fully saturated rings. The molecule has 0 saturated heterocycles. The second kappa shape index (κ2) is 4.52. The van der Waals surface area contributed by atoms with Gasteiger partial charge in [-0.05, 0) is 24.1 Å². The van der Waals surface area contributed by atoms with Crippen molar-refractivity contribution in [3.05, 3.63) is 22.2 Å². The van der Waals surface area contributed by atoms with Crippen LogP contribution in [0.1, 0.15) is 25.0 Å². The molecule has 0 radical (unpaired) electrons. The van der Waals surface area contributed by atoms with Crippen LogP contribution in [0.5, 0.6) is 11.5 Å². The summed E-state index contributed by atoms with van der Waals surface area (Å²) in [6.45, 7) is 5.59. The second-order valence-electron chi connectivity index (χ2n) is 4.48. The lowest BCUT2D eigenvalue weighted by atomic mass is 9.82. The number of rotatable bonds is 3. The van der Waals surface area contributed by atoms with E-state index in [9.17, 15) is 10.2 Å². The molecule has 0 aliphatic heterocycles. The van der Waals surface area contributed by atoms with Gasteiger partial charge in [0.1, 0.15) is 0 Å². The molecule has 90 valence electrons. The third-order valence-electron chi connectivity index (χ3n) is 2.68. The maximum absolute atomic E-state index is 9.66. The summed E-state index contributed by atoms with van der Waals surface area (Å²) in [6.07, 6.45) is 0. The predicted molar refractivity (Wildman–Crippen MR) is 64.5 cm³/mol. The number of phenols is 1. The van der Waals surface area contributed by atoms with Crippen LogP contribution >= 0.6 is 11.6 Å². The van der Waals surface area contributed by atoms with E-state index < -0.39 is 5.41 Å². The molecule has 2 N–H and O–H groups in total. The first-order valence-electron chi connectivity index (χ1n) is 5.02. The number of ether oxygens (including phenoxy) is 1. The predicted octanol–water partition coefficient (Wildman–Crippen LogP) is 2.63. The van der Waals surface area contributed by atoms with E-state index >= 15 is 0 Å². The van der Waals surface area contributed by atoms with Gasteiger partial charge in [-0.25, -0.2) is 0 Å². The standard InChI is InChI=1S/C12H17ClO3/c1-7-5-8(15)11(16-4)10(13)9(7)12(2,3)6-14/h5,14-15H,6H2,1-4H3. The Morgan fingerprint density at radius 3 is 2.44 bits per heavy atom. The highest BCUT2D eigenvalue weighted by Crippen LogP contribution is 2.43. The Morgan fingerprint density at radius 2 is 2.00 bits per heavy atom. The van der Waals surface area contributed by atoms with Crippen LogP contribution in [0.25, 0.3) is 0 Å². The van der Waals surface area contributed by atoms with Crippen molar-refractivity contribution < 1.29 is 14.9 Å². The fourth-order valence-electron chi connectivity index (χ4n) is 1.85. The summed E-state index contributed by atoms with van der Waals surface area (Å²) < 4.78 is 5.05. The van der Waals surface area contributed by atoms with E-state index in [0.29, 0.717) is 5.02 Å². The number of halogens is 1. The molecule has 1 rings (SSSR count). The summed E-state index contributed by atoms with van der Waals surface area (Å²) >= 11 is 6.19. The van der Waals surface area contributed by atoms with Crippen LogP contribution in [-0.4, -0.2) is 23.9 Å². The van der Waals surface area contributed by atoms with Crippen LogP contribution in [0.3, 0.4) is 0 Å². The third kappa shape index (κ3) is 2.11. The molecule has 0 saturated carbocycles. The fourth-order valence-corrected chi connectivity index (χ4v) is 2.42. The SMILES string of the molecule is COc1c(O)cc(C)c(C(C)(C)CO)c1Cl. The molecule has 0 aliphatic rings. The van der Waals surface area contributed by atoms with E-state index in [-0.39, 0.29) is 18.1 Å². The minimum atomic E-state index is -0.470. The van der Waals surface area contributed by atoms with Gasteiger partial charge < -0.3 is 14.9 Å². The third-order valence-corrected chi connectivity index (χ3v) is 3.04. The maximum atomic E-state index is 9.66. The number of hydrogen-bond acceptors (Lipinski definition) is 3. The van der Waals surface area contributed by atoms with Crippen molar-refractivity contribution in [2.24, 2.45) is 0 Å². The van der Waals surface area contributed by atoms with E-state index in [1.54, 1.807) is 6.07 Å². The first kappa shape index (κ1) is 13.1. The Balaban J connectivity index is 3.51. The second-order valence-corrected chi connectivity index (χ2v) is 4.85. The highest BCUT2D eigenvalue weighted by Gasteiger charge is 2.27. The molecule has 4 heteroatoms. The molecule has 0 bridgehead atoms. The Labute approximate surface area is 101 Å². The number of hydrogen-bond donors (Lipinski definition) is 2. The first-order valence-corrected chi connectivity index (χ1v) is 5.40.